The van der Waals surface area contributed by atoms with Gasteiger partial charge in [-0.1, -0.05) is 42.5 Å². The van der Waals surface area contributed by atoms with Gasteiger partial charge in [-0.15, -0.1) is 0 Å². The Kier molecular flexibility index (Phi) is 5.14. The third-order valence-electron chi connectivity index (χ3n) is 3.20. The van der Waals surface area contributed by atoms with E-state index in [0.29, 0.717) is 12.2 Å². The number of hydrogen-bond donors (Lipinski definition) is 1. The normalized spacial score (nSPS) is 10.0. The highest BCUT2D eigenvalue weighted by Crippen LogP contribution is 2.12. The zero-order chi connectivity index (χ0) is 15.9. The molecule has 2 aromatic carbocycles. The van der Waals surface area contributed by atoms with Crippen molar-refractivity contribution in [2.24, 2.45) is 0 Å². The number of carbonyl (C=O) groups excluding carboxylic acids is 2. The minimum atomic E-state index is -0.598. The SMILES string of the molecule is CN(Cc1ccccc1)C(=O)COC(=O)c1ccccc1N. The molecule has 22 heavy (non-hydrogen) atoms. The molecule has 0 aliphatic heterocycles. The van der Waals surface area contributed by atoms with Gasteiger partial charge in [0.1, 0.15) is 0 Å². The minimum absolute atomic E-state index is 0.265. The molecule has 0 saturated carbocycles. The molecule has 0 aromatic heterocycles. The largest absolute Gasteiger partial charge is 0.452 e. The lowest BCUT2D eigenvalue weighted by molar-refractivity contribution is -0.133. The fraction of sp³-hybridized carbons (Fsp3) is 0.176. The Hall–Kier alpha value is -2.82. The van der Waals surface area contributed by atoms with Crippen LogP contribution in [0.15, 0.2) is 54.6 Å². The number of amides is 1. The second kappa shape index (κ2) is 7.26. The van der Waals surface area contributed by atoms with Gasteiger partial charge >= 0.3 is 5.97 Å². The first-order valence-corrected chi connectivity index (χ1v) is 6.87. The number of nitrogens with zero attached hydrogens (tertiary/aromatic N) is 1. The first-order chi connectivity index (χ1) is 10.6. The maximum Gasteiger partial charge on any atom is 0.340 e. The summed E-state index contributed by atoms with van der Waals surface area (Å²) in [6.07, 6.45) is 0. The summed E-state index contributed by atoms with van der Waals surface area (Å²) in [4.78, 5) is 25.4. The van der Waals surface area contributed by atoms with Gasteiger partial charge in [0.15, 0.2) is 6.61 Å². The molecule has 0 aliphatic carbocycles. The zero-order valence-electron chi connectivity index (χ0n) is 12.4. The summed E-state index contributed by atoms with van der Waals surface area (Å²) < 4.78 is 5.02. The van der Waals surface area contributed by atoms with Crippen molar-refractivity contribution in [3.05, 3.63) is 65.7 Å². The van der Waals surface area contributed by atoms with Gasteiger partial charge in [0.05, 0.1) is 5.56 Å². The highest BCUT2D eigenvalue weighted by Gasteiger charge is 2.15. The van der Waals surface area contributed by atoms with Crippen LogP contribution in [0.2, 0.25) is 0 Å². The van der Waals surface area contributed by atoms with Crippen LogP contribution in [0.5, 0.6) is 0 Å². The summed E-state index contributed by atoms with van der Waals surface area (Å²) in [5.41, 5.74) is 7.30. The van der Waals surface area contributed by atoms with Crippen molar-refractivity contribution >= 4 is 17.6 Å². The number of likely N-dealkylation sites (N-methyl/N-ethyl adjacent to an activating group) is 1. The first kappa shape index (κ1) is 15.6. The fourth-order valence-electron chi connectivity index (χ4n) is 1.94. The Morgan fingerprint density at radius 3 is 2.36 bits per heavy atom. The topological polar surface area (TPSA) is 72.6 Å². The van der Waals surface area contributed by atoms with E-state index in [2.05, 4.69) is 0 Å². The molecule has 0 heterocycles. The highest BCUT2D eigenvalue weighted by atomic mass is 16.5. The minimum Gasteiger partial charge on any atom is -0.452 e. The Bertz CT molecular complexity index is 656. The van der Waals surface area contributed by atoms with Gasteiger partial charge < -0.3 is 15.4 Å². The van der Waals surface area contributed by atoms with Crippen molar-refractivity contribution in [2.45, 2.75) is 6.54 Å². The highest BCUT2D eigenvalue weighted by molar-refractivity contribution is 5.96. The van der Waals surface area contributed by atoms with E-state index in [0.717, 1.165) is 5.56 Å². The lowest BCUT2D eigenvalue weighted by Crippen LogP contribution is -2.30. The van der Waals surface area contributed by atoms with Crippen molar-refractivity contribution in [3.63, 3.8) is 0 Å². The molecule has 0 unspecified atom stereocenters. The van der Waals surface area contributed by atoms with Crippen LogP contribution in [-0.4, -0.2) is 30.4 Å². The molecule has 2 N–H and O–H groups in total. The van der Waals surface area contributed by atoms with E-state index in [4.69, 9.17) is 10.5 Å². The zero-order valence-corrected chi connectivity index (χ0v) is 12.4. The van der Waals surface area contributed by atoms with Crippen LogP contribution in [0, 0.1) is 0 Å². The van der Waals surface area contributed by atoms with Crippen LogP contribution in [0.1, 0.15) is 15.9 Å². The molecule has 0 saturated heterocycles. The first-order valence-electron chi connectivity index (χ1n) is 6.87. The van der Waals surface area contributed by atoms with Gasteiger partial charge in [0, 0.05) is 19.3 Å². The van der Waals surface area contributed by atoms with Gasteiger partial charge in [-0.05, 0) is 17.7 Å². The fourth-order valence-corrected chi connectivity index (χ4v) is 1.94. The van der Waals surface area contributed by atoms with Crippen molar-refractivity contribution in [1.82, 2.24) is 4.90 Å². The maximum atomic E-state index is 12.0. The summed E-state index contributed by atoms with van der Waals surface area (Å²) in [6.45, 7) is 0.154. The average Bonchev–Trinajstić information content (AvgIpc) is 2.53. The standard InChI is InChI=1S/C17H18N2O3/c1-19(11-13-7-3-2-4-8-13)16(20)12-22-17(21)14-9-5-6-10-15(14)18/h2-10H,11-12,18H2,1H3. The van der Waals surface area contributed by atoms with Gasteiger partial charge in [-0.25, -0.2) is 4.79 Å². The van der Waals surface area contributed by atoms with E-state index in [1.54, 1.807) is 31.3 Å². The molecule has 5 nitrogen and oxygen atoms in total. The quantitative estimate of drug-likeness (QED) is 0.677. The molecule has 0 fully saturated rings. The van der Waals surface area contributed by atoms with E-state index in [1.165, 1.54) is 4.90 Å². The van der Waals surface area contributed by atoms with Crippen molar-refractivity contribution in [1.29, 1.82) is 0 Å². The molecule has 5 heteroatoms. The number of esters is 1. The Labute approximate surface area is 129 Å². The van der Waals surface area contributed by atoms with Gasteiger partial charge in [0.2, 0.25) is 0 Å². The van der Waals surface area contributed by atoms with Gasteiger partial charge in [-0.3, -0.25) is 4.79 Å². The number of nitrogens with two attached hydrogens (primary N) is 1. The van der Waals surface area contributed by atoms with Crippen molar-refractivity contribution in [3.8, 4) is 0 Å². The Morgan fingerprint density at radius 1 is 1.05 bits per heavy atom. The third-order valence-corrected chi connectivity index (χ3v) is 3.20. The number of hydrogen-bond acceptors (Lipinski definition) is 4. The third kappa shape index (κ3) is 4.09. The van der Waals surface area contributed by atoms with Crippen LogP contribution < -0.4 is 5.73 Å². The second-order valence-corrected chi connectivity index (χ2v) is 4.90. The van der Waals surface area contributed by atoms with Gasteiger partial charge in [0.25, 0.3) is 5.91 Å². The maximum absolute atomic E-state index is 12.0. The smallest absolute Gasteiger partial charge is 0.340 e. The van der Waals surface area contributed by atoms with E-state index in [-0.39, 0.29) is 18.1 Å². The Balaban J connectivity index is 1.87. The molecule has 1 amide bonds. The number of anilines is 1. The van der Waals surface area contributed by atoms with E-state index in [9.17, 15) is 9.59 Å². The number of rotatable bonds is 5. The molecule has 0 aliphatic rings. The lowest BCUT2D eigenvalue weighted by Gasteiger charge is -2.17. The molecule has 114 valence electrons. The number of carbonyl (C=O) groups is 2. The molecule has 2 aromatic rings. The Morgan fingerprint density at radius 2 is 1.68 bits per heavy atom. The molecular weight excluding hydrogens is 280 g/mol. The van der Waals surface area contributed by atoms with Crippen LogP contribution in [-0.2, 0) is 16.1 Å². The summed E-state index contributed by atoms with van der Waals surface area (Å²) in [6, 6.07) is 16.2. The predicted molar refractivity (Wildman–Crippen MR) is 84.1 cm³/mol. The molecule has 2 rings (SSSR count). The lowest BCUT2D eigenvalue weighted by atomic mass is 10.2. The summed E-state index contributed by atoms with van der Waals surface area (Å²) in [5, 5.41) is 0. The number of nitrogen functional groups attached to an aromatic ring is 1. The summed E-state index contributed by atoms with van der Waals surface area (Å²) >= 11 is 0. The van der Waals surface area contributed by atoms with Crippen LogP contribution in [0.3, 0.4) is 0 Å². The van der Waals surface area contributed by atoms with Gasteiger partial charge in [-0.2, -0.15) is 0 Å². The summed E-state index contributed by atoms with van der Waals surface area (Å²) in [7, 11) is 1.67. The molecule has 0 radical (unpaired) electrons. The van der Waals surface area contributed by atoms with E-state index >= 15 is 0 Å². The van der Waals surface area contributed by atoms with Crippen LogP contribution >= 0.6 is 0 Å². The van der Waals surface area contributed by atoms with E-state index in [1.807, 2.05) is 30.3 Å². The number of para-hydroxylation sites is 1. The molecule has 0 bridgehead atoms. The van der Waals surface area contributed by atoms with Crippen LogP contribution in [0.4, 0.5) is 5.69 Å². The average molecular weight is 298 g/mol. The van der Waals surface area contributed by atoms with Crippen molar-refractivity contribution in [2.75, 3.05) is 19.4 Å². The molecular formula is C17H18N2O3. The molecule has 0 spiro atoms. The number of benzene rings is 2. The summed E-state index contributed by atoms with van der Waals surface area (Å²) in [5.74, 6) is -0.869. The van der Waals surface area contributed by atoms with Crippen molar-refractivity contribution < 1.29 is 14.3 Å². The number of ether oxygens (including phenoxy) is 1. The second-order valence-electron chi connectivity index (χ2n) is 4.90. The predicted octanol–water partition coefficient (Wildman–Crippen LogP) is 2.08. The van der Waals surface area contributed by atoms with Crippen LogP contribution in [0.25, 0.3) is 0 Å². The van der Waals surface area contributed by atoms with E-state index < -0.39 is 5.97 Å². The molecule has 0 atom stereocenters. The monoisotopic (exact) mass is 298 g/mol.